The van der Waals surface area contributed by atoms with Crippen LogP contribution in [0.25, 0.3) is 0 Å². The second-order valence-electron chi connectivity index (χ2n) is 12.2. The van der Waals surface area contributed by atoms with E-state index in [2.05, 4.69) is 21.2 Å². The summed E-state index contributed by atoms with van der Waals surface area (Å²) < 4.78 is 35.4. The predicted molar refractivity (Wildman–Crippen MR) is 190 cm³/mol. The first-order chi connectivity index (χ1) is 22.2. The molecule has 0 fully saturated rings. The summed E-state index contributed by atoms with van der Waals surface area (Å²) in [5.74, 6) is -0.463. The van der Waals surface area contributed by atoms with Gasteiger partial charge in [0.15, 0.2) is 0 Å². The monoisotopic (exact) mass is 739 g/mol. The van der Waals surface area contributed by atoms with E-state index < -0.39 is 34.1 Å². The molecule has 0 radical (unpaired) electrons. The van der Waals surface area contributed by atoms with Gasteiger partial charge in [-0.3, -0.25) is 13.9 Å². The summed E-state index contributed by atoms with van der Waals surface area (Å²) in [6, 6.07) is 26.8. The number of rotatable bonds is 12. The Morgan fingerprint density at radius 1 is 0.915 bits per heavy atom. The summed E-state index contributed by atoms with van der Waals surface area (Å²) in [6.07, 6.45) is 0.206. The van der Waals surface area contributed by atoms with Gasteiger partial charge in [-0.1, -0.05) is 71.8 Å². The van der Waals surface area contributed by atoms with Crippen molar-refractivity contribution in [3.63, 3.8) is 0 Å². The lowest BCUT2D eigenvalue weighted by Crippen LogP contribution is -2.56. The van der Waals surface area contributed by atoms with Gasteiger partial charge in [0.25, 0.3) is 10.0 Å². The molecular weight excluding hydrogens is 702 g/mol. The van der Waals surface area contributed by atoms with Gasteiger partial charge in [0.2, 0.25) is 11.8 Å². The largest absolute Gasteiger partial charge is 0.496 e. The average Bonchev–Trinajstić information content (AvgIpc) is 3.01. The van der Waals surface area contributed by atoms with E-state index >= 15 is 0 Å². The van der Waals surface area contributed by atoms with Crippen molar-refractivity contribution in [2.75, 3.05) is 18.0 Å². The van der Waals surface area contributed by atoms with Crippen molar-refractivity contribution in [2.45, 2.75) is 57.1 Å². The van der Waals surface area contributed by atoms with Gasteiger partial charge >= 0.3 is 0 Å². The summed E-state index contributed by atoms with van der Waals surface area (Å²) in [6.45, 7) is 6.95. The van der Waals surface area contributed by atoms with Crippen molar-refractivity contribution in [3.8, 4) is 5.75 Å². The standard InChI is InChI=1S/C36H39BrClN3O5S/c1-25-14-16-29(17-15-25)41(47(44,45)30-18-19-33(46-5)31(37)22-30)24-34(42)40(23-27-12-9-13-28(38)20-27)32(35(43)39-36(2,3)4)21-26-10-7-6-8-11-26/h6-20,22,32H,21,23-24H2,1-5H3,(H,39,43)/t32-/m1/s1. The quantitative estimate of drug-likeness (QED) is 0.166. The molecule has 0 aliphatic heterocycles. The molecule has 248 valence electrons. The van der Waals surface area contributed by atoms with Crippen molar-refractivity contribution in [1.82, 2.24) is 10.2 Å². The topological polar surface area (TPSA) is 96.0 Å². The highest BCUT2D eigenvalue weighted by atomic mass is 79.9. The van der Waals surface area contributed by atoms with Crippen LogP contribution in [-0.2, 0) is 32.6 Å². The first-order valence-electron chi connectivity index (χ1n) is 15.0. The van der Waals surface area contributed by atoms with E-state index in [1.165, 1.54) is 24.1 Å². The number of hydrogen-bond acceptors (Lipinski definition) is 5. The van der Waals surface area contributed by atoms with Crippen LogP contribution in [0.4, 0.5) is 5.69 Å². The molecule has 0 heterocycles. The van der Waals surface area contributed by atoms with Crippen molar-refractivity contribution >= 4 is 55.1 Å². The van der Waals surface area contributed by atoms with Gasteiger partial charge in [-0.05, 0) is 97.2 Å². The molecule has 11 heteroatoms. The summed E-state index contributed by atoms with van der Waals surface area (Å²) in [4.78, 5) is 30.0. The zero-order valence-corrected chi connectivity index (χ0v) is 30.2. The lowest BCUT2D eigenvalue weighted by molar-refractivity contribution is -0.140. The van der Waals surface area contributed by atoms with Gasteiger partial charge < -0.3 is 15.0 Å². The van der Waals surface area contributed by atoms with E-state index in [0.717, 1.165) is 15.4 Å². The molecule has 0 unspecified atom stereocenters. The normalized spacial score (nSPS) is 12.2. The Hall–Kier alpha value is -3.86. The van der Waals surface area contributed by atoms with Gasteiger partial charge in [-0.15, -0.1) is 0 Å². The molecule has 1 atom stereocenters. The zero-order chi connectivity index (χ0) is 34.4. The first kappa shape index (κ1) is 36.0. The number of nitrogens with one attached hydrogen (secondary N) is 1. The smallest absolute Gasteiger partial charge is 0.264 e. The third-order valence-corrected chi connectivity index (χ3v) is 9.95. The van der Waals surface area contributed by atoms with Gasteiger partial charge in [0, 0.05) is 23.5 Å². The number of ether oxygens (including phenoxy) is 1. The summed E-state index contributed by atoms with van der Waals surface area (Å²) in [7, 11) is -2.79. The minimum Gasteiger partial charge on any atom is -0.496 e. The van der Waals surface area contributed by atoms with E-state index in [1.807, 2.05) is 64.1 Å². The van der Waals surface area contributed by atoms with Crippen LogP contribution in [0.3, 0.4) is 0 Å². The van der Waals surface area contributed by atoms with Gasteiger partial charge in [0.05, 0.1) is 22.2 Å². The number of nitrogens with zero attached hydrogens (tertiary/aromatic N) is 2. The highest BCUT2D eigenvalue weighted by Gasteiger charge is 2.36. The molecule has 0 aliphatic rings. The fraction of sp³-hybridized carbons (Fsp3) is 0.278. The Bertz CT molecular complexity index is 1810. The SMILES string of the molecule is COc1ccc(S(=O)(=O)N(CC(=O)N(Cc2cccc(Cl)c2)[C@H](Cc2ccccc2)C(=O)NC(C)(C)C)c2ccc(C)cc2)cc1Br. The van der Waals surface area contributed by atoms with Gasteiger partial charge in [0.1, 0.15) is 18.3 Å². The van der Waals surface area contributed by atoms with Crippen molar-refractivity contribution in [1.29, 1.82) is 0 Å². The molecule has 0 bridgehead atoms. The average molecular weight is 741 g/mol. The molecule has 0 saturated carbocycles. The molecule has 0 aliphatic carbocycles. The number of benzene rings is 4. The highest BCUT2D eigenvalue weighted by Crippen LogP contribution is 2.31. The molecule has 0 aromatic heterocycles. The number of amides is 2. The molecule has 8 nitrogen and oxygen atoms in total. The van der Waals surface area contributed by atoms with E-state index in [1.54, 1.807) is 48.5 Å². The van der Waals surface area contributed by atoms with Gasteiger partial charge in [-0.2, -0.15) is 0 Å². The van der Waals surface area contributed by atoms with Crippen LogP contribution in [-0.4, -0.2) is 50.4 Å². The maximum atomic E-state index is 14.6. The molecular formula is C36H39BrClN3O5S. The van der Waals surface area contributed by atoms with E-state index in [9.17, 15) is 18.0 Å². The van der Waals surface area contributed by atoms with Crippen LogP contribution in [0.5, 0.6) is 5.75 Å². The molecule has 4 aromatic carbocycles. The Morgan fingerprint density at radius 3 is 2.17 bits per heavy atom. The molecule has 1 N–H and O–H groups in total. The van der Waals surface area contributed by atoms with Crippen LogP contribution < -0.4 is 14.4 Å². The number of anilines is 1. The summed E-state index contributed by atoms with van der Waals surface area (Å²) in [5, 5.41) is 3.50. The highest BCUT2D eigenvalue weighted by molar-refractivity contribution is 9.10. The van der Waals surface area contributed by atoms with Crippen LogP contribution >= 0.6 is 27.5 Å². The Kier molecular flexibility index (Phi) is 11.8. The molecule has 4 aromatic rings. The van der Waals surface area contributed by atoms with Crippen LogP contribution in [0.2, 0.25) is 5.02 Å². The minimum atomic E-state index is -4.28. The van der Waals surface area contributed by atoms with E-state index in [-0.39, 0.29) is 23.8 Å². The summed E-state index contributed by atoms with van der Waals surface area (Å²) >= 11 is 9.71. The lowest BCUT2D eigenvalue weighted by Gasteiger charge is -2.35. The first-order valence-corrected chi connectivity index (χ1v) is 17.6. The van der Waals surface area contributed by atoms with Crippen LogP contribution in [0, 0.1) is 6.92 Å². The van der Waals surface area contributed by atoms with Crippen molar-refractivity contribution in [3.05, 3.63) is 123 Å². The van der Waals surface area contributed by atoms with Crippen molar-refractivity contribution in [2.24, 2.45) is 0 Å². The third-order valence-electron chi connectivity index (χ3n) is 7.32. The molecule has 0 saturated heterocycles. The number of carbonyl (C=O) groups excluding carboxylic acids is 2. The fourth-order valence-corrected chi connectivity index (χ4v) is 7.36. The van der Waals surface area contributed by atoms with Crippen LogP contribution in [0.1, 0.15) is 37.5 Å². The number of carbonyl (C=O) groups is 2. The second-order valence-corrected chi connectivity index (χ2v) is 15.4. The zero-order valence-electron chi connectivity index (χ0n) is 27.0. The molecule has 47 heavy (non-hydrogen) atoms. The maximum Gasteiger partial charge on any atom is 0.264 e. The molecule has 2 amide bonds. The predicted octanol–water partition coefficient (Wildman–Crippen LogP) is 7.17. The van der Waals surface area contributed by atoms with Crippen molar-refractivity contribution < 1.29 is 22.7 Å². The van der Waals surface area contributed by atoms with Gasteiger partial charge in [-0.25, -0.2) is 8.42 Å². The van der Waals surface area contributed by atoms with E-state index in [0.29, 0.717) is 26.5 Å². The Balaban J connectivity index is 1.83. The maximum absolute atomic E-state index is 14.6. The second kappa shape index (κ2) is 15.4. The number of aryl methyl sites for hydroxylation is 1. The number of sulfonamides is 1. The lowest BCUT2D eigenvalue weighted by atomic mass is 10.0. The summed E-state index contributed by atoms with van der Waals surface area (Å²) in [5.41, 5.74) is 2.18. The number of halogens is 2. The fourth-order valence-electron chi connectivity index (χ4n) is 5.01. The Morgan fingerprint density at radius 2 is 1.57 bits per heavy atom. The minimum absolute atomic E-state index is 0.0182. The Labute approximate surface area is 290 Å². The third kappa shape index (κ3) is 9.59. The number of methoxy groups -OCH3 is 1. The number of hydrogen-bond donors (Lipinski definition) is 1. The van der Waals surface area contributed by atoms with E-state index in [4.69, 9.17) is 16.3 Å². The molecule has 4 rings (SSSR count). The molecule has 0 spiro atoms. The van der Waals surface area contributed by atoms with Crippen LogP contribution in [0.15, 0.2) is 106 Å².